The van der Waals surface area contributed by atoms with Crippen LogP contribution in [0.4, 0.5) is 9.18 Å². The van der Waals surface area contributed by atoms with Gasteiger partial charge < -0.3 is 10.2 Å². The quantitative estimate of drug-likeness (QED) is 0.878. The summed E-state index contributed by atoms with van der Waals surface area (Å²) in [6.07, 6.45) is 5.23. The molecule has 2 atom stereocenters. The Labute approximate surface area is 135 Å². The average Bonchev–Trinajstić information content (AvgIpc) is 2.55. The number of benzene rings is 1. The maximum absolute atomic E-state index is 13.5. The van der Waals surface area contributed by atoms with Gasteiger partial charge in [-0.2, -0.15) is 0 Å². The number of likely N-dealkylation sites (tertiary alicyclic amines) is 1. The highest BCUT2D eigenvalue weighted by atomic mass is 32.2. The summed E-state index contributed by atoms with van der Waals surface area (Å²) in [6, 6.07) is 5.17. The van der Waals surface area contributed by atoms with E-state index in [4.69, 9.17) is 0 Å². The van der Waals surface area contributed by atoms with Gasteiger partial charge in [0, 0.05) is 23.2 Å². The number of hydrogen-bond donors (Lipinski definition) is 1. The Morgan fingerprint density at radius 1 is 1.41 bits per heavy atom. The van der Waals surface area contributed by atoms with Gasteiger partial charge >= 0.3 is 6.03 Å². The second-order valence-electron chi connectivity index (χ2n) is 6.07. The fourth-order valence-electron chi connectivity index (χ4n) is 3.44. The van der Waals surface area contributed by atoms with E-state index in [1.807, 2.05) is 11.0 Å². The van der Waals surface area contributed by atoms with Crippen LogP contribution >= 0.6 is 11.8 Å². The number of thioether (sulfide) groups is 1. The topological polar surface area (TPSA) is 32.3 Å². The molecule has 0 saturated carbocycles. The average molecular weight is 322 g/mol. The molecule has 2 unspecified atom stereocenters. The van der Waals surface area contributed by atoms with Gasteiger partial charge in [-0.25, -0.2) is 9.18 Å². The van der Waals surface area contributed by atoms with Crippen LogP contribution in [0.15, 0.2) is 23.1 Å². The van der Waals surface area contributed by atoms with Crippen LogP contribution in [0.2, 0.25) is 0 Å². The summed E-state index contributed by atoms with van der Waals surface area (Å²) >= 11 is 1.74. The molecule has 2 aliphatic heterocycles. The van der Waals surface area contributed by atoms with E-state index in [2.05, 4.69) is 12.2 Å². The highest BCUT2D eigenvalue weighted by Gasteiger charge is 2.29. The van der Waals surface area contributed by atoms with Crippen LogP contribution in [0.5, 0.6) is 0 Å². The molecule has 3 rings (SSSR count). The molecular weight excluding hydrogens is 299 g/mol. The Morgan fingerprint density at radius 3 is 3.09 bits per heavy atom. The molecule has 1 aromatic carbocycles. The fourth-order valence-corrected chi connectivity index (χ4v) is 4.55. The van der Waals surface area contributed by atoms with Crippen molar-refractivity contribution < 1.29 is 9.18 Å². The van der Waals surface area contributed by atoms with E-state index >= 15 is 0 Å². The molecule has 0 aromatic heterocycles. The van der Waals surface area contributed by atoms with Crippen molar-refractivity contribution >= 4 is 17.8 Å². The number of nitrogens with zero attached hydrogens (tertiary/aromatic N) is 1. The lowest BCUT2D eigenvalue weighted by atomic mass is 10.00. The lowest BCUT2D eigenvalue weighted by molar-refractivity contribution is 0.145. The van der Waals surface area contributed by atoms with E-state index < -0.39 is 0 Å². The largest absolute Gasteiger partial charge is 0.331 e. The third-order valence-electron chi connectivity index (χ3n) is 4.67. The van der Waals surface area contributed by atoms with Crippen LogP contribution in [0.1, 0.15) is 50.6 Å². The third-order valence-corrected chi connectivity index (χ3v) is 5.79. The molecule has 1 aromatic rings. The van der Waals surface area contributed by atoms with Crippen LogP contribution in [0.25, 0.3) is 0 Å². The fraction of sp³-hybridized carbons (Fsp3) is 0.588. The summed E-state index contributed by atoms with van der Waals surface area (Å²) < 4.78 is 13.5. The van der Waals surface area contributed by atoms with E-state index in [0.29, 0.717) is 6.04 Å². The first-order valence-electron chi connectivity index (χ1n) is 8.18. The number of urea groups is 1. The summed E-state index contributed by atoms with van der Waals surface area (Å²) in [4.78, 5) is 15.7. The second-order valence-corrected chi connectivity index (χ2v) is 7.21. The van der Waals surface area contributed by atoms with Crippen LogP contribution in [0, 0.1) is 5.82 Å². The zero-order valence-electron chi connectivity index (χ0n) is 13.0. The Bertz CT molecular complexity index is 551. The molecule has 0 radical (unpaired) electrons. The van der Waals surface area contributed by atoms with Gasteiger partial charge in [0.15, 0.2) is 0 Å². The summed E-state index contributed by atoms with van der Waals surface area (Å²) in [7, 11) is 0. The maximum Gasteiger partial charge on any atom is 0.318 e. The predicted molar refractivity (Wildman–Crippen MR) is 87.6 cm³/mol. The van der Waals surface area contributed by atoms with Gasteiger partial charge in [-0.05, 0) is 55.9 Å². The summed E-state index contributed by atoms with van der Waals surface area (Å²) in [5.74, 6) is 0.728. The number of carbonyl (C=O) groups is 1. The van der Waals surface area contributed by atoms with Crippen LogP contribution in [0.3, 0.4) is 0 Å². The zero-order valence-corrected chi connectivity index (χ0v) is 13.8. The van der Waals surface area contributed by atoms with E-state index in [0.717, 1.165) is 48.4 Å². The van der Waals surface area contributed by atoms with Crippen molar-refractivity contribution in [3.63, 3.8) is 0 Å². The first kappa shape index (κ1) is 15.7. The smallest absolute Gasteiger partial charge is 0.318 e. The molecule has 2 amide bonds. The highest BCUT2D eigenvalue weighted by molar-refractivity contribution is 7.99. The van der Waals surface area contributed by atoms with E-state index in [9.17, 15) is 9.18 Å². The lowest BCUT2D eigenvalue weighted by Gasteiger charge is -2.37. The van der Waals surface area contributed by atoms with Crippen molar-refractivity contribution in [2.24, 2.45) is 0 Å². The van der Waals surface area contributed by atoms with Gasteiger partial charge in [-0.1, -0.05) is 6.92 Å². The lowest BCUT2D eigenvalue weighted by Crippen LogP contribution is -2.49. The molecule has 2 aliphatic rings. The first-order chi connectivity index (χ1) is 10.7. The molecule has 0 aliphatic carbocycles. The van der Waals surface area contributed by atoms with Gasteiger partial charge in [0.25, 0.3) is 0 Å². The monoisotopic (exact) mass is 322 g/mol. The van der Waals surface area contributed by atoms with Crippen molar-refractivity contribution in [3.8, 4) is 0 Å². The summed E-state index contributed by atoms with van der Waals surface area (Å²) in [5, 5.41) is 3.14. The number of carbonyl (C=O) groups excluding carboxylic acids is 1. The minimum atomic E-state index is -0.232. The highest BCUT2D eigenvalue weighted by Crippen LogP contribution is 2.36. The van der Waals surface area contributed by atoms with Crippen molar-refractivity contribution in [2.75, 3.05) is 12.3 Å². The third kappa shape index (κ3) is 3.24. The number of fused-ring (bicyclic) bond motifs is 1. The van der Waals surface area contributed by atoms with E-state index in [1.165, 1.54) is 12.5 Å². The molecular formula is C17H23FN2OS. The molecule has 3 nitrogen and oxygen atoms in total. The number of rotatable bonds is 2. The van der Waals surface area contributed by atoms with E-state index in [-0.39, 0.29) is 17.9 Å². The van der Waals surface area contributed by atoms with Crippen LogP contribution in [-0.2, 0) is 0 Å². The normalized spacial score (nSPS) is 24.7. The van der Waals surface area contributed by atoms with Gasteiger partial charge in [-0.3, -0.25) is 0 Å². The van der Waals surface area contributed by atoms with Gasteiger partial charge in [-0.15, -0.1) is 11.8 Å². The molecule has 0 bridgehead atoms. The number of nitrogens with one attached hydrogen (secondary N) is 1. The summed E-state index contributed by atoms with van der Waals surface area (Å²) in [6.45, 7) is 2.97. The molecule has 5 heteroatoms. The van der Waals surface area contributed by atoms with Crippen molar-refractivity contribution in [3.05, 3.63) is 29.6 Å². The van der Waals surface area contributed by atoms with Crippen LogP contribution in [-0.4, -0.2) is 29.3 Å². The Hall–Kier alpha value is -1.23. The van der Waals surface area contributed by atoms with E-state index in [1.54, 1.807) is 17.8 Å². The van der Waals surface area contributed by atoms with Gasteiger partial charge in [0.05, 0.1) is 6.04 Å². The number of hydrogen-bond acceptors (Lipinski definition) is 2. The predicted octanol–water partition coefficient (Wildman–Crippen LogP) is 4.34. The number of piperidine rings is 1. The zero-order chi connectivity index (χ0) is 15.5. The standard InChI is InChI=1S/C17H23FN2OS/c1-2-13-5-3-4-9-20(13)17(21)19-15-8-10-22-16-7-6-12(18)11-14(15)16/h6-7,11,13,15H,2-5,8-10H2,1H3,(H,19,21). The molecule has 1 N–H and O–H groups in total. The van der Waals surface area contributed by atoms with Crippen molar-refractivity contribution in [1.82, 2.24) is 10.2 Å². The van der Waals surface area contributed by atoms with Crippen molar-refractivity contribution in [2.45, 2.75) is 56.0 Å². The maximum atomic E-state index is 13.5. The number of amides is 2. The molecule has 120 valence electrons. The van der Waals surface area contributed by atoms with Crippen molar-refractivity contribution in [1.29, 1.82) is 0 Å². The molecule has 1 fully saturated rings. The van der Waals surface area contributed by atoms with Crippen LogP contribution < -0.4 is 5.32 Å². The Kier molecular flexibility index (Phi) is 4.91. The minimum Gasteiger partial charge on any atom is -0.331 e. The van der Waals surface area contributed by atoms with Gasteiger partial charge in [0.2, 0.25) is 0 Å². The minimum absolute atomic E-state index is 0.0126. The summed E-state index contributed by atoms with van der Waals surface area (Å²) in [5.41, 5.74) is 0.926. The Morgan fingerprint density at radius 2 is 2.27 bits per heavy atom. The number of halogens is 1. The Balaban J connectivity index is 1.73. The first-order valence-corrected chi connectivity index (χ1v) is 9.17. The molecule has 22 heavy (non-hydrogen) atoms. The molecule has 2 heterocycles. The second kappa shape index (κ2) is 6.90. The molecule has 1 saturated heterocycles. The molecule has 0 spiro atoms. The SMILES string of the molecule is CCC1CCCCN1C(=O)NC1CCSc2ccc(F)cc21. The van der Waals surface area contributed by atoms with Gasteiger partial charge in [0.1, 0.15) is 5.82 Å².